The van der Waals surface area contributed by atoms with Crippen molar-refractivity contribution in [1.82, 2.24) is 9.97 Å². The van der Waals surface area contributed by atoms with Crippen LogP contribution in [0.15, 0.2) is 12.4 Å². The predicted molar refractivity (Wildman–Crippen MR) is 62.1 cm³/mol. The third kappa shape index (κ3) is 2.29. The van der Waals surface area contributed by atoms with Crippen molar-refractivity contribution in [3.63, 3.8) is 0 Å². The van der Waals surface area contributed by atoms with Crippen LogP contribution in [-0.2, 0) is 12.4 Å². The Morgan fingerprint density at radius 2 is 1.05 bits per heavy atom. The highest BCUT2D eigenvalue weighted by molar-refractivity contribution is 5.97. The largest absolute Gasteiger partial charge is 0.408 e. The van der Waals surface area contributed by atoms with Crippen molar-refractivity contribution in [3.05, 3.63) is 46.4 Å². The van der Waals surface area contributed by atoms with Gasteiger partial charge in [-0.1, -0.05) is 0 Å². The quantitative estimate of drug-likeness (QED) is 0.518. The van der Waals surface area contributed by atoms with Gasteiger partial charge in [-0.05, 0) is 0 Å². The SMILES string of the molecule is [C-]#[N+]c1c([N+]#[C-])c(C(F)(F)F)c2nccnc2c1C(F)(F)F. The molecule has 0 unspecified atom stereocenters. The molecular formula is C12H2F6N4. The summed E-state index contributed by atoms with van der Waals surface area (Å²) in [5, 5.41) is 0. The van der Waals surface area contributed by atoms with Crippen LogP contribution >= 0.6 is 0 Å². The van der Waals surface area contributed by atoms with Gasteiger partial charge in [-0.15, -0.1) is 0 Å². The number of alkyl halides is 6. The number of rotatable bonds is 0. The van der Waals surface area contributed by atoms with E-state index in [-0.39, 0.29) is 0 Å². The van der Waals surface area contributed by atoms with E-state index in [0.717, 1.165) is 12.4 Å². The molecule has 0 atom stereocenters. The van der Waals surface area contributed by atoms with E-state index in [1.54, 1.807) is 0 Å². The van der Waals surface area contributed by atoms with Crippen molar-refractivity contribution >= 4 is 22.4 Å². The van der Waals surface area contributed by atoms with E-state index in [1.165, 1.54) is 0 Å². The molecule has 4 nitrogen and oxygen atoms in total. The summed E-state index contributed by atoms with van der Waals surface area (Å²) in [4.78, 5) is 11.5. The van der Waals surface area contributed by atoms with Crippen molar-refractivity contribution in [2.75, 3.05) is 0 Å². The molecule has 0 N–H and O–H groups in total. The second-order valence-corrected chi connectivity index (χ2v) is 3.92. The second kappa shape index (κ2) is 4.84. The minimum atomic E-state index is -5.16. The fourth-order valence-corrected chi connectivity index (χ4v) is 1.92. The van der Waals surface area contributed by atoms with E-state index in [1.807, 2.05) is 0 Å². The first-order valence-corrected chi connectivity index (χ1v) is 5.33. The van der Waals surface area contributed by atoms with E-state index >= 15 is 0 Å². The Morgan fingerprint density at radius 1 is 0.727 bits per heavy atom. The van der Waals surface area contributed by atoms with E-state index in [9.17, 15) is 26.3 Å². The molecule has 0 spiro atoms. The van der Waals surface area contributed by atoms with Gasteiger partial charge >= 0.3 is 12.4 Å². The Labute approximate surface area is 118 Å². The first-order valence-electron chi connectivity index (χ1n) is 5.33. The third-order valence-electron chi connectivity index (χ3n) is 2.66. The molecule has 0 bridgehead atoms. The minimum Gasteiger partial charge on any atom is -0.254 e. The van der Waals surface area contributed by atoms with Gasteiger partial charge in [0, 0.05) is 12.4 Å². The van der Waals surface area contributed by atoms with Gasteiger partial charge in [0.15, 0.2) is 0 Å². The number of nitrogens with zero attached hydrogens (tertiary/aromatic N) is 4. The number of hydrogen-bond donors (Lipinski definition) is 0. The summed E-state index contributed by atoms with van der Waals surface area (Å²) < 4.78 is 78.7. The first kappa shape index (κ1) is 15.5. The normalized spacial score (nSPS) is 12.0. The summed E-state index contributed by atoms with van der Waals surface area (Å²) in [7, 11) is 0. The van der Waals surface area contributed by atoms with Gasteiger partial charge in [0.1, 0.15) is 0 Å². The van der Waals surface area contributed by atoms with Crippen LogP contribution in [0.3, 0.4) is 0 Å². The van der Waals surface area contributed by atoms with Gasteiger partial charge in [0.05, 0.1) is 35.3 Å². The van der Waals surface area contributed by atoms with Crippen LogP contribution in [0.25, 0.3) is 20.7 Å². The summed E-state index contributed by atoms with van der Waals surface area (Å²) >= 11 is 0. The molecule has 0 saturated carbocycles. The molecular weight excluding hydrogens is 314 g/mol. The standard InChI is InChI=1S/C12H2F6N4/c1-19-7-5(11(13,14)15)9-10(22-4-3-21-9)6(8(7)20-2)12(16,17)18/h3-4H. The number of aromatic nitrogens is 2. The van der Waals surface area contributed by atoms with Crippen molar-refractivity contribution in [2.45, 2.75) is 12.4 Å². The lowest BCUT2D eigenvalue weighted by molar-refractivity contribution is -0.138. The fourth-order valence-electron chi connectivity index (χ4n) is 1.92. The summed E-state index contributed by atoms with van der Waals surface area (Å²) in [5.74, 6) is 0. The van der Waals surface area contributed by atoms with E-state index in [0.29, 0.717) is 0 Å². The highest BCUT2D eigenvalue weighted by atomic mass is 19.4. The molecule has 0 aliphatic rings. The van der Waals surface area contributed by atoms with Crippen molar-refractivity contribution in [3.8, 4) is 0 Å². The summed E-state index contributed by atoms with van der Waals surface area (Å²) in [6.45, 7) is 13.5. The molecule has 1 heterocycles. The van der Waals surface area contributed by atoms with Crippen LogP contribution in [0, 0.1) is 13.1 Å². The van der Waals surface area contributed by atoms with Crippen molar-refractivity contribution in [2.24, 2.45) is 0 Å². The number of benzene rings is 1. The third-order valence-corrected chi connectivity index (χ3v) is 2.66. The predicted octanol–water partition coefficient (Wildman–Crippen LogP) is 4.77. The van der Waals surface area contributed by atoms with E-state index in [4.69, 9.17) is 13.1 Å². The van der Waals surface area contributed by atoms with Crippen LogP contribution in [0.2, 0.25) is 0 Å². The topological polar surface area (TPSA) is 34.5 Å². The summed E-state index contributed by atoms with van der Waals surface area (Å²) in [6.07, 6.45) is -8.75. The average molecular weight is 316 g/mol. The molecule has 2 aromatic rings. The molecule has 2 rings (SSSR count). The molecule has 112 valence electrons. The maximum absolute atomic E-state index is 13.1. The van der Waals surface area contributed by atoms with E-state index in [2.05, 4.69) is 19.7 Å². The Hall–Kier alpha value is -2.88. The maximum Gasteiger partial charge on any atom is 0.408 e. The molecule has 0 fully saturated rings. The lowest BCUT2D eigenvalue weighted by Gasteiger charge is -2.17. The molecule has 10 heteroatoms. The Bertz CT molecular complexity index is 768. The van der Waals surface area contributed by atoms with E-state index < -0.39 is 45.9 Å². The van der Waals surface area contributed by atoms with Crippen LogP contribution in [0.1, 0.15) is 11.1 Å². The van der Waals surface area contributed by atoms with Crippen molar-refractivity contribution < 1.29 is 26.3 Å². The molecule has 0 amide bonds. The van der Waals surface area contributed by atoms with Gasteiger partial charge in [0.2, 0.25) is 11.4 Å². The first-order chi connectivity index (χ1) is 10.1. The summed E-state index contributed by atoms with van der Waals surface area (Å²) in [6, 6.07) is 0. The minimum absolute atomic E-state index is 0.781. The molecule has 0 aliphatic heterocycles. The van der Waals surface area contributed by atoms with Gasteiger partial charge in [-0.2, -0.15) is 26.3 Å². The molecule has 0 aliphatic carbocycles. The van der Waals surface area contributed by atoms with Gasteiger partial charge in [-0.25, -0.2) is 9.69 Å². The number of fused-ring (bicyclic) bond motifs is 1. The zero-order valence-corrected chi connectivity index (χ0v) is 10.2. The zero-order chi connectivity index (χ0) is 16.7. The lowest BCUT2D eigenvalue weighted by atomic mass is 10.0. The van der Waals surface area contributed by atoms with Gasteiger partial charge in [0.25, 0.3) is 0 Å². The summed E-state index contributed by atoms with van der Waals surface area (Å²) in [5.41, 5.74) is -8.46. The smallest absolute Gasteiger partial charge is 0.254 e. The van der Waals surface area contributed by atoms with Crippen molar-refractivity contribution in [1.29, 1.82) is 0 Å². The molecule has 22 heavy (non-hydrogen) atoms. The molecule has 0 saturated heterocycles. The Morgan fingerprint density at radius 3 is 1.27 bits per heavy atom. The monoisotopic (exact) mass is 316 g/mol. The Kier molecular flexibility index (Phi) is 3.41. The fraction of sp³-hybridized carbons (Fsp3) is 0.167. The number of halogens is 6. The van der Waals surface area contributed by atoms with Gasteiger partial charge < -0.3 is 0 Å². The highest BCUT2D eigenvalue weighted by Crippen LogP contribution is 2.51. The maximum atomic E-state index is 13.1. The second-order valence-electron chi connectivity index (χ2n) is 3.92. The van der Waals surface area contributed by atoms with Crippen LogP contribution in [-0.4, -0.2) is 9.97 Å². The van der Waals surface area contributed by atoms with Crippen LogP contribution < -0.4 is 0 Å². The lowest BCUT2D eigenvalue weighted by Crippen LogP contribution is -2.13. The highest BCUT2D eigenvalue weighted by Gasteiger charge is 2.44. The van der Waals surface area contributed by atoms with Crippen LogP contribution in [0.4, 0.5) is 37.7 Å². The van der Waals surface area contributed by atoms with Gasteiger partial charge in [-0.3, -0.25) is 9.97 Å². The average Bonchev–Trinajstić information content (AvgIpc) is 2.41. The zero-order valence-electron chi connectivity index (χ0n) is 10.2. The molecule has 1 aromatic heterocycles. The number of hydrogen-bond acceptors (Lipinski definition) is 2. The molecule has 1 aromatic carbocycles. The molecule has 0 radical (unpaired) electrons. The Balaban J connectivity index is 3.21. The van der Waals surface area contributed by atoms with Crippen LogP contribution in [0.5, 0.6) is 0 Å².